The van der Waals surface area contributed by atoms with E-state index in [4.69, 9.17) is 5.73 Å². The molecule has 2 rings (SSSR count). The maximum atomic E-state index is 12.1. The molecule has 0 unspecified atom stereocenters. The number of aromatic nitrogens is 3. The van der Waals surface area contributed by atoms with E-state index in [2.05, 4.69) is 14.8 Å². The van der Waals surface area contributed by atoms with Crippen LogP contribution in [0.15, 0.2) is 29.6 Å². The largest absolute Gasteiger partial charge is 0.381 e. The molecule has 0 saturated carbocycles. The van der Waals surface area contributed by atoms with Gasteiger partial charge in [0.05, 0.1) is 11.9 Å². The fourth-order valence-corrected chi connectivity index (χ4v) is 2.65. The lowest BCUT2D eigenvalue weighted by Crippen LogP contribution is -2.14. The van der Waals surface area contributed by atoms with E-state index in [-0.39, 0.29) is 10.7 Å². The number of nitrogens with two attached hydrogens (primary N) is 1. The quantitative estimate of drug-likeness (QED) is 0.843. The number of aryl methyl sites for hydroxylation is 2. The van der Waals surface area contributed by atoms with Gasteiger partial charge in [0.2, 0.25) is 0 Å². The molecule has 0 fully saturated rings. The molecule has 0 radical (unpaired) electrons. The molecule has 0 atom stereocenters. The van der Waals surface area contributed by atoms with Crippen molar-refractivity contribution in [3.8, 4) is 0 Å². The van der Waals surface area contributed by atoms with Crippen LogP contribution >= 0.6 is 0 Å². The Balaban J connectivity index is 2.36. The fourth-order valence-electron chi connectivity index (χ4n) is 1.51. The molecule has 0 aromatic carbocycles. The molecule has 2 aromatic rings. The SMILES string of the molecule is Cc1cncc(NS(=O)(=O)c2cn(C)nc2N)c1. The van der Waals surface area contributed by atoms with Crippen LogP contribution in [-0.2, 0) is 17.1 Å². The summed E-state index contributed by atoms with van der Waals surface area (Å²) in [6, 6.07) is 1.68. The molecule has 18 heavy (non-hydrogen) atoms. The van der Waals surface area contributed by atoms with Gasteiger partial charge in [0.15, 0.2) is 5.82 Å². The van der Waals surface area contributed by atoms with E-state index in [1.54, 1.807) is 19.3 Å². The van der Waals surface area contributed by atoms with Crippen LogP contribution in [0.3, 0.4) is 0 Å². The average molecular weight is 267 g/mol. The molecule has 0 amide bonds. The molecule has 0 spiro atoms. The van der Waals surface area contributed by atoms with Crippen molar-refractivity contribution in [2.45, 2.75) is 11.8 Å². The zero-order valence-electron chi connectivity index (χ0n) is 9.95. The molecule has 2 aromatic heterocycles. The molecule has 3 N–H and O–H groups in total. The predicted molar refractivity (Wildman–Crippen MR) is 67.4 cm³/mol. The monoisotopic (exact) mass is 267 g/mol. The van der Waals surface area contributed by atoms with E-state index in [0.717, 1.165) is 5.56 Å². The zero-order valence-corrected chi connectivity index (χ0v) is 10.8. The summed E-state index contributed by atoms with van der Waals surface area (Å²) < 4.78 is 27.9. The summed E-state index contributed by atoms with van der Waals surface area (Å²) in [6.45, 7) is 1.82. The summed E-state index contributed by atoms with van der Waals surface area (Å²) in [5, 5.41) is 3.80. The zero-order chi connectivity index (χ0) is 13.3. The first-order valence-electron chi connectivity index (χ1n) is 5.12. The van der Waals surface area contributed by atoms with Gasteiger partial charge in [-0.1, -0.05) is 0 Å². The summed E-state index contributed by atoms with van der Waals surface area (Å²) in [5.41, 5.74) is 6.79. The number of nitrogen functional groups attached to an aromatic ring is 1. The van der Waals surface area contributed by atoms with Crippen molar-refractivity contribution in [2.24, 2.45) is 7.05 Å². The Labute approximate surface area is 105 Å². The number of hydrogen-bond acceptors (Lipinski definition) is 5. The van der Waals surface area contributed by atoms with Crippen molar-refractivity contribution >= 4 is 21.5 Å². The highest BCUT2D eigenvalue weighted by Crippen LogP contribution is 2.19. The van der Waals surface area contributed by atoms with Gasteiger partial charge in [-0.25, -0.2) is 8.42 Å². The minimum Gasteiger partial charge on any atom is -0.381 e. The average Bonchev–Trinajstić information content (AvgIpc) is 2.58. The topological polar surface area (TPSA) is 103 Å². The van der Waals surface area contributed by atoms with Gasteiger partial charge in [-0.2, -0.15) is 5.10 Å². The summed E-state index contributed by atoms with van der Waals surface area (Å²) >= 11 is 0. The molecule has 8 heteroatoms. The third kappa shape index (κ3) is 2.43. The third-order valence-electron chi connectivity index (χ3n) is 2.24. The van der Waals surface area contributed by atoms with Crippen LogP contribution in [-0.4, -0.2) is 23.2 Å². The van der Waals surface area contributed by atoms with E-state index >= 15 is 0 Å². The van der Waals surface area contributed by atoms with Gasteiger partial charge >= 0.3 is 0 Å². The Morgan fingerprint density at radius 2 is 2.11 bits per heavy atom. The second-order valence-corrected chi connectivity index (χ2v) is 5.56. The molecule has 0 saturated heterocycles. The van der Waals surface area contributed by atoms with Crippen LogP contribution in [0.1, 0.15) is 5.56 Å². The molecule has 2 heterocycles. The lowest BCUT2D eigenvalue weighted by molar-refractivity contribution is 0.601. The number of pyridine rings is 1. The molecule has 7 nitrogen and oxygen atoms in total. The number of hydrogen-bond donors (Lipinski definition) is 2. The Hall–Kier alpha value is -2.09. The smallest absolute Gasteiger partial charge is 0.267 e. The van der Waals surface area contributed by atoms with E-state index < -0.39 is 10.0 Å². The second-order valence-electron chi connectivity index (χ2n) is 3.91. The van der Waals surface area contributed by atoms with Crippen LogP contribution in [0.25, 0.3) is 0 Å². The standard InChI is InChI=1S/C10H13N5O2S/c1-7-3-8(5-12-4-7)14-18(16,17)9-6-15(2)13-10(9)11/h3-6,14H,1-2H3,(H2,11,13). The van der Waals surface area contributed by atoms with Gasteiger partial charge in [-0.15, -0.1) is 0 Å². The fraction of sp³-hybridized carbons (Fsp3) is 0.200. The molecule has 0 aliphatic carbocycles. The van der Waals surface area contributed by atoms with Gasteiger partial charge in [0.1, 0.15) is 4.90 Å². The Morgan fingerprint density at radius 3 is 2.67 bits per heavy atom. The Kier molecular flexibility index (Phi) is 2.95. The van der Waals surface area contributed by atoms with Gasteiger partial charge in [-0.3, -0.25) is 14.4 Å². The Morgan fingerprint density at radius 1 is 1.39 bits per heavy atom. The maximum Gasteiger partial charge on any atom is 0.267 e. The minimum absolute atomic E-state index is 0.0365. The normalized spacial score (nSPS) is 11.4. The van der Waals surface area contributed by atoms with Crippen LogP contribution in [0.2, 0.25) is 0 Å². The van der Waals surface area contributed by atoms with E-state index in [1.165, 1.54) is 17.1 Å². The first-order chi connectivity index (χ1) is 8.38. The number of nitrogens with one attached hydrogen (secondary N) is 1. The number of rotatable bonds is 3. The van der Waals surface area contributed by atoms with Crippen LogP contribution in [0.4, 0.5) is 11.5 Å². The number of sulfonamides is 1. The van der Waals surface area contributed by atoms with Crippen molar-refractivity contribution in [3.63, 3.8) is 0 Å². The minimum atomic E-state index is -3.74. The number of anilines is 2. The second kappa shape index (κ2) is 4.30. The van der Waals surface area contributed by atoms with Crippen molar-refractivity contribution in [3.05, 3.63) is 30.2 Å². The van der Waals surface area contributed by atoms with E-state index in [1.807, 2.05) is 6.92 Å². The van der Waals surface area contributed by atoms with Crippen LogP contribution in [0, 0.1) is 6.92 Å². The highest BCUT2D eigenvalue weighted by atomic mass is 32.2. The molecular formula is C10H13N5O2S. The van der Waals surface area contributed by atoms with E-state index in [0.29, 0.717) is 5.69 Å². The Bertz CT molecular complexity index is 677. The predicted octanol–water partition coefficient (Wildman–Crippen LogP) is 0.507. The lowest BCUT2D eigenvalue weighted by Gasteiger charge is -2.06. The molecular weight excluding hydrogens is 254 g/mol. The summed E-state index contributed by atoms with van der Waals surface area (Å²) in [6.07, 6.45) is 4.41. The first-order valence-corrected chi connectivity index (χ1v) is 6.60. The van der Waals surface area contributed by atoms with Crippen molar-refractivity contribution < 1.29 is 8.42 Å². The highest BCUT2D eigenvalue weighted by Gasteiger charge is 2.20. The highest BCUT2D eigenvalue weighted by molar-refractivity contribution is 7.92. The maximum absolute atomic E-state index is 12.1. The molecule has 96 valence electrons. The molecule has 0 aliphatic rings. The number of nitrogens with zero attached hydrogens (tertiary/aromatic N) is 3. The van der Waals surface area contributed by atoms with Gasteiger partial charge in [-0.05, 0) is 18.6 Å². The van der Waals surface area contributed by atoms with Crippen molar-refractivity contribution in [1.82, 2.24) is 14.8 Å². The van der Waals surface area contributed by atoms with Crippen LogP contribution < -0.4 is 10.5 Å². The lowest BCUT2D eigenvalue weighted by atomic mass is 10.3. The third-order valence-corrected chi connectivity index (χ3v) is 3.64. The van der Waals surface area contributed by atoms with Crippen molar-refractivity contribution in [1.29, 1.82) is 0 Å². The van der Waals surface area contributed by atoms with Gasteiger partial charge in [0, 0.05) is 19.4 Å². The first kappa shape index (κ1) is 12.4. The van der Waals surface area contributed by atoms with Crippen molar-refractivity contribution in [2.75, 3.05) is 10.5 Å². The van der Waals surface area contributed by atoms with Crippen LogP contribution in [0.5, 0.6) is 0 Å². The van der Waals surface area contributed by atoms with Gasteiger partial charge < -0.3 is 5.73 Å². The summed E-state index contributed by atoms with van der Waals surface area (Å²) in [5.74, 6) is -0.0365. The van der Waals surface area contributed by atoms with Gasteiger partial charge in [0.25, 0.3) is 10.0 Å². The summed E-state index contributed by atoms with van der Waals surface area (Å²) in [4.78, 5) is 3.86. The molecule has 0 bridgehead atoms. The summed E-state index contributed by atoms with van der Waals surface area (Å²) in [7, 11) is -2.14. The van der Waals surface area contributed by atoms with E-state index in [9.17, 15) is 8.42 Å². The molecule has 0 aliphatic heterocycles.